The largest absolute Gasteiger partial charge is 0.317 e. The highest BCUT2D eigenvalue weighted by atomic mass is 14.9. The van der Waals surface area contributed by atoms with Crippen molar-refractivity contribution in [2.45, 2.75) is 39.0 Å². The quantitative estimate of drug-likeness (QED) is 0.817. The maximum Gasteiger partial charge on any atom is -0.00463 e. The summed E-state index contributed by atoms with van der Waals surface area (Å²) in [5.74, 6) is 1.64. The fourth-order valence-corrected chi connectivity index (χ4v) is 2.65. The van der Waals surface area contributed by atoms with Crippen LogP contribution in [0.3, 0.4) is 0 Å². The van der Waals surface area contributed by atoms with Gasteiger partial charge in [-0.15, -0.1) is 0 Å². The van der Waals surface area contributed by atoms with Gasteiger partial charge in [0.25, 0.3) is 0 Å². The first-order chi connectivity index (χ1) is 7.75. The SMILES string of the molecule is Cc1ccc(C(C)CC2CCNCC2)cc1. The Bertz CT molecular complexity index is 309. The van der Waals surface area contributed by atoms with Crippen molar-refractivity contribution in [2.75, 3.05) is 13.1 Å². The zero-order chi connectivity index (χ0) is 11.4. The summed E-state index contributed by atoms with van der Waals surface area (Å²) in [7, 11) is 0. The number of nitrogens with one attached hydrogen (secondary N) is 1. The van der Waals surface area contributed by atoms with Gasteiger partial charge >= 0.3 is 0 Å². The van der Waals surface area contributed by atoms with E-state index in [-0.39, 0.29) is 0 Å². The van der Waals surface area contributed by atoms with Crippen molar-refractivity contribution in [3.05, 3.63) is 35.4 Å². The van der Waals surface area contributed by atoms with Gasteiger partial charge in [-0.3, -0.25) is 0 Å². The third kappa shape index (κ3) is 3.08. The van der Waals surface area contributed by atoms with Crippen LogP contribution >= 0.6 is 0 Å². The Kier molecular flexibility index (Phi) is 4.00. The molecule has 1 heteroatoms. The summed E-state index contributed by atoms with van der Waals surface area (Å²) < 4.78 is 0. The van der Waals surface area contributed by atoms with Crippen molar-refractivity contribution < 1.29 is 0 Å². The van der Waals surface area contributed by atoms with Gasteiger partial charge in [-0.2, -0.15) is 0 Å². The van der Waals surface area contributed by atoms with E-state index in [0.717, 1.165) is 5.92 Å². The Balaban J connectivity index is 1.91. The lowest BCUT2D eigenvalue weighted by atomic mass is 9.85. The topological polar surface area (TPSA) is 12.0 Å². The lowest BCUT2D eigenvalue weighted by molar-refractivity contribution is 0.337. The molecular formula is C15H23N. The molecule has 88 valence electrons. The highest BCUT2D eigenvalue weighted by molar-refractivity contribution is 5.24. The van der Waals surface area contributed by atoms with Crippen molar-refractivity contribution in [3.8, 4) is 0 Å². The maximum atomic E-state index is 3.44. The molecule has 1 fully saturated rings. The summed E-state index contributed by atoms with van der Waals surface area (Å²) in [5.41, 5.74) is 2.86. The van der Waals surface area contributed by atoms with Crippen LogP contribution in [0.4, 0.5) is 0 Å². The van der Waals surface area contributed by atoms with E-state index < -0.39 is 0 Å². The molecule has 2 rings (SSSR count). The molecule has 0 radical (unpaired) electrons. The molecule has 1 heterocycles. The van der Waals surface area contributed by atoms with Crippen LogP contribution in [0.2, 0.25) is 0 Å². The second kappa shape index (κ2) is 5.49. The summed E-state index contributed by atoms with van der Waals surface area (Å²) in [4.78, 5) is 0. The Morgan fingerprint density at radius 3 is 2.44 bits per heavy atom. The van der Waals surface area contributed by atoms with Crippen molar-refractivity contribution in [1.29, 1.82) is 0 Å². The number of hydrogen-bond donors (Lipinski definition) is 1. The van der Waals surface area contributed by atoms with Crippen LogP contribution in [0.5, 0.6) is 0 Å². The first kappa shape index (κ1) is 11.7. The molecule has 0 bridgehead atoms. The molecule has 1 aliphatic heterocycles. The van der Waals surface area contributed by atoms with E-state index in [2.05, 4.69) is 43.4 Å². The third-order valence-corrected chi connectivity index (χ3v) is 3.79. The maximum absolute atomic E-state index is 3.44. The Morgan fingerprint density at radius 1 is 1.19 bits per heavy atom. The standard InChI is InChI=1S/C15H23N/c1-12-3-5-15(6-4-12)13(2)11-14-7-9-16-10-8-14/h3-6,13-14,16H,7-11H2,1-2H3. The van der Waals surface area contributed by atoms with E-state index in [0.29, 0.717) is 5.92 Å². The van der Waals surface area contributed by atoms with Gasteiger partial charge in [-0.05, 0) is 56.7 Å². The zero-order valence-corrected chi connectivity index (χ0v) is 10.5. The summed E-state index contributed by atoms with van der Waals surface area (Å²) in [5, 5.41) is 3.44. The van der Waals surface area contributed by atoms with E-state index in [4.69, 9.17) is 0 Å². The Morgan fingerprint density at radius 2 is 1.81 bits per heavy atom. The van der Waals surface area contributed by atoms with Gasteiger partial charge in [0.05, 0.1) is 0 Å². The van der Waals surface area contributed by atoms with Gasteiger partial charge in [-0.25, -0.2) is 0 Å². The fourth-order valence-electron chi connectivity index (χ4n) is 2.65. The highest BCUT2D eigenvalue weighted by Crippen LogP contribution is 2.27. The van der Waals surface area contributed by atoms with E-state index in [1.54, 1.807) is 0 Å². The molecule has 1 aromatic carbocycles. The lowest BCUT2D eigenvalue weighted by Crippen LogP contribution is -2.28. The average molecular weight is 217 g/mol. The number of benzene rings is 1. The molecule has 0 saturated carbocycles. The molecule has 1 aliphatic rings. The normalized spacial score (nSPS) is 19.6. The predicted molar refractivity (Wildman–Crippen MR) is 69.8 cm³/mol. The van der Waals surface area contributed by atoms with Gasteiger partial charge in [0, 0.05) is 0 Å². The zero-order valence-electron chi connectivity index (χ0n) is 10.5. The second-order valence-electron chi connectivity index (χ2n) is 5.24. The van der Waals surface area contributed by atoms with Crippen LogP contribution < -0.4 is 5.32 Å². The van der Waals surface area contributed by atoms with Gasteiger partial charge < -0.3 is 5.32 Å². The van der Waals surface area contributed by atoms with Crippen LogP contribution in [0.1, 0.15) is 43.2 Å². The first-order valence-corrected chi connectivity index (χ1v) is 6.53. The number of aryl methyl sites for hydroxylation is 1. The second-order valence-corrected chi connectivity index (χ2v) is 5.24. The first-order valence-electron chi connectivity index (χ1n) is 6.53. The molecule has 1 nitrogen and oxygen atoms in total. The molecule has 0 amide bonds. The van der Waals surface area contributed by atoms with Gasteiger partial charge in [0.2, 0.25) is 0 Å². The van der Waals surface area contributed by atoms with Gasteiger partial charge in [-0.1, -0.05) is 36.8 Å². The lowest BCUT2D eigenvalue weighted by Gasteiger charge is -2.25. The minimum atomic E-state index is 0.712. The number of hydrogen-bond acceptors (Lipinski definition) is 1. The Hall–Kier alpha value is -0.820. The summed E-state index contributed by atoms with van der Waals surface area (Å²) in [6.45, 7) is 6.95. The summed E-state index contributed by atoms with van der Waals surface area (Å²) in [6.07, 6.45) is 4.07. The van der Waals surface area contributed by atoms with Crippen molar-refractivity contribution in [2.24, 2.45) is 5.92 Å². The molecule has 0 spiro atoms. The van der Waals surface area contributed by atoms with Crippen molar-refractivity contribution in [3.63, 3.8) is 0 Å². The van der Waals surface area contributed by atoms with Crippen LogP contribution in [0, 0.1) is 12.8 Å². The third-order valence-electron chi connectivity index (χ3n) is 3.79. The van der Waals surface area contributed by atoms with E-state index in [1.165, 1.54) is 43.5 Å². The molecule has 16 heavy (non-hydrogen) atoms. The smallest absolute Gasteiger partial charge is 0.00463 e. The van der Waals surface area contributed by atoms with Crippen LogP contribution in [-0.4, -0.2) is 13.1 Å². The average Bonchev–Trinajstić information content (AvgIpc) is 2.31. The predicted octanol–water partition coefficient (Wildman–Crippen LogP) is 3.49. The summed E-state index contributed by atoms with van der Waals surface area (Å²) in [6, 6.07) is 9.05. The molecular weight excluding hydrogens is 194 g/mol. The molecule has 0 aromatic heterocycles. The van der Waals surface area contributed by atoms with Crippen molar-refractivity contribution >= 4 is 0 Å². The van der Waals surface area contributed by atoms with Crippen LogP contribution in [0.25, 0.3) is 0 Å². The number of rotatable bonds is 3. The van der Waals surface area contributed by atoms with Gasteiger partial charge in [0.15, 0.2) is 0 Å². The molecule has 1 saturated heterocycles. The van der Waals surface area contributed by atoms with Crippen molar-refractivity contribution in [1.82, 2.24) is 5.32 Å². The van der Waals surface area contributed by atoms with E-state index in [9.17, 15) is 0 Å². The fraction of sp³-hybridized carbons (Fsp3) is 0.600. The molecule has 1 aromatic rings. The van der Waals surface area contributed by atoms with Crippen LogP contribution in [0.15, 0.2) is 24.3 Å². The minimum absolute atomic E-state index is 0.712. The molecule has 0 aliphatic carbocycles. The summed E-state index contributed by atoms with van der Waals surface area (Å²) >= 11 is 0. The number of piperidine rings is 1. The molecule has 1 N–H and O–H groups in total. The van der Waals surface area contributed by atoms with E-state index >= 15 is 0 Å². The Labute approximate surface area is 99.3 Å². The molecule has 1 unspecified atom stereocenters. The highest BCUT2D eigenvalue weighted by Gasteiger charge is 2.16. The van der Waals surface area contributed by atoms with Crippen LogP contribution in [-0.2, 0) is 0 Å². The minimum Gasteiger partial charge on any atom is -0.317 e. The molecule has 1 atom stereocenters. The van der Waals surface area contributed by atoms with E-state index in [1.807, 2.05) is 0 Å². The monoisotopic (exact) mass is 217 g/mol. The van der Waals surface area contributed by atoms with Gasteiger partial charge in [0.1, 0.15) is 0 Å².